The Morgan fingerprint density at radius 1 is 0.969 bits per heavy atom. The summed E-state index contributed by atoms with van der Waals surface area (Å²) in [4.78, 5) is 29.3. The lowest BCUT2D eigenvalue weighted by molar-refractivity contribution is -0.126. The molecule has 0 aliphatic rings. The van der Waals surface area contributed by atoms with Gasteiger partial charge in [0.15, 0.2) is 5.76 Å². The normalized spacial score (nSPS) is 11.7. The number of carbonyl (C=O) groups is 2. The van der Waals surface area contributed by atoms with Crippen LogP contribution in [0.2, 0.25) is 0 Å². The summed E-state index contributed by atoms with van der Waals surface area (Å²) in [7, 11) is 0. The summed E-state index contributed by atoms with van der Waals surface area (Å²) in [6.07, 6.45) is 1.43. The van der Waals surface area contributed by atoms with Crippen LogP contribution in [0.25, 0.3) is 0 Å². The number of rotatable bonds is 8. The van der Waals surface area contributed by atoms with Crippen molar-refractivity contribution in [3.05, 3.63) is 118 Å². The number of furan rings is 1. The molecule has 0 unspecified atom stereocenters. The van der Waals surface area contributed by atoms with Crippen LogP contribution in [0.15, 0.2) is 94.9 Å². The molecule has 4 rings (SSSR count). The van der Waals surface area contributed by atoms with Crippen molar-refractivity contribution in [3.8, 4) is 0 Å². The summed E-state index contributed by atoms with van der Waals surface area (Å²) >= 11 is 1.51. The van der Waals surface area contributed by atoms with Gasteiger partial charge >= 0.3 is 0 Å². The van der Waals surface area contributed by atoms with Gasteiger partial charge in [0.05, 0.1) is 12.8 Å². The van der Waals surface area contributed by atoms with Gasteiger partial charge in [-0.25, -0.2) is 4.39 Å². The molecule has 1 N–H and O–H groups in total. The summed E-state index contributed by atoms with van der Waals surface area (Å²) in [5.74, 6) is -0.895. The van der Waals surface area contributed by atoms with Crippen LogP contribution in [0.1, 0.15) is 32.6 Å². The fourth-order valence-electron chi connectivity index (χ4n) is 3.39. The molecule has 5 nitrogen and oxygen atoms in total. The molecule has 0 spiro atoms. The molecule has 1 atom stereocenters. The first kappa shape index (κ1) is 21.5. The second kappa shape index (κ2) is 10.1. The first-order valence-electron chi connectivity index (χ1n) is 10.1. The third-order valence-corrected chi connectivity index (χ3v) is 5.82. The number of nitrogens with one attached hydrogen (secondary N) is 1. The van der Waals surface area contributed by atoms with Crippen LogP contribution in [-0.4, -0.2) is 16.7 Å². The number of benzene rings is 2. The molecule has 2 heterocycles. The molecule has 0 aliphatic heterocycles. The Bertz CT molecular complexity index is 1140. The highest BCUT2D eigenvalue weighted by Gasteiger charge is 2.33. The van der Waals surface area contributed by atoms with Gasteiger partial charge in [0.25, 0.3) is 5.91 Å². The maximum absolute atomic E-state index is 13.4. The molecule has 32 heavy (non-hydrogen) atoms. The second-order valence-corrected chi connectivity index (χ2v) is 8.18. The molecule has 0 saturated carbocycles. The minimum atomic E-state index is -0.878. The van der Waals surface area contributed by atoms with Gasteiger partial charge in [0.1, 0.15) is 11.9 Å². The fourth-order valence-corrected chi connectivity index (χ4v) is 4.09. The number of nitrogens with zero attached hydrogens (tertiary/aromatic N) is 1. The van der Waals surface area contributed by atoms with Crippen LogP contribution >= 0.6 is 11.3 Å². The van der Waals surface area contributed by atoms with Crippen LogP contribution < -0.4 is 5.32 Å². The van der Waals surface area contributed by atoms with E-state index in [-0.39, 0.29) is 36.5 Å². The molecule has 7 heteroatoms. The molecular weight excluding hydrogens is 427 g/mol. The number of halogens is 1. The van der Waals surface area contributed by atoms with Crippen molar-refractivity contribution < 1.29 is 18.4 Å². The molecule has 0 radical (unpaired) electrons. The first-order valence-corrected chi connectivity index (χ1v) is 10.9. The zero-order valence-corrected chi connectivity index (χ0v) is 17.9. The molecule has 2 aromatic carbocycles. The van der Waals surface area contributed by atoms with Gasteiger partial charge in [0, 0.05) is 11.4 Å². The van der Waals surface area contributed by atoms with Crippen LogP contribution in [0.3, 0.4) is 0 Å². The lowest BCUT2D eigenvalue weighted by atomic mass is 10.0. The lowest BCUT2D eigenvalue weighted by Gasteiger charge is -2.30. The van der Waals surface area contributed by atoms with Crippen LogP contribution in [0, 0.1) is 5.82 Å². The number of thiophene rings is 1. The maximum Gasteiger partial charge on any atom is 0.290 e. The van der Waals surface area contributed by atoms with E-state index in [1.54, 1.807) is 24.3 Å². The second-order valence-electron chi connectivity index (χ2n) is 7.15. The van der Waals surface area contributed by atoms with Crippen molar-refractivity contribution in [1.82, 2.24) is 10.2 Å². The largest absolute Gasteiger partial charge is 0.459 e. The fraction of sp³-hybridized carbons (Fsp3) is 0.120. The van der Waals surface area contributed by atoms with Crippen LogP contribution in [-0.2, 0) is 17.9 Å². The first-order chi connectivity index (χ1) is 15.6. The van der Waals surface area contributed by atoms with Gasteiger partial charge in [-0.05, 0) is 46.8 Å². The zero-order valence-electron chi connectivity index (χ0n) is 17.1. The third-order valence-electron chi connectivity index (χ3n) is 4.95. The van der Waals surface area contributed by atoms with E-state index in [2.05, 4.69) is 5.32 Å². The van der Waals surface area contributed by atoms with Crippen molar-refractivity contribution in [3.63, 3.8) is 0 Å². The maximum atomic E-state index is 13.4. The van der Waals surface area contributed by atoms with E-state index < -0.39 is 6.04 Å². The van der Waals surface area contributed by atoms with E-state index in [1.807, 2.05) is 47.8 Å². The minimum absolute atomic E-state index is 0.161. The predicted molar refractivity (Wildman–Crippen MR) is 120 cm³/mol. The molecular formula is C25H21FN2O3S. The minimum Gasteiger partial charge on any atom is -0.459 e. The SMILES string of the molecule is O=C(NCc1ccc(F)cc1)[C@H](c1ccccc1)N(Cc1cccs1)C(=O)c1ccco1. The quantitative estimate of drug-likeness (QED) is 0.404. The number of hydrogen-bond acceptors (Lipinski definition) is 4. The summed E-state index contributed by atoms with van der Waals surface area (Å²) in [5, 5.41) is 4.82. The molecule has 2 aromatic heterocycles. The summed E-state index contributed by atoms with van der Waals surface area (Å²) in [6.45, 7) is 0.463. The van der Waals surface area contributed by atoms with Crippen LogP contribution in [0.4, 0.5) is 4.39 Å². The van der Waals surface area contributed by atoms with Crippen molar-refractivity contribution >= 4 is 23.2 Å². The predicted octanol–water partition coefficient (Wildman–Crippen LogP) is 5.18. The van der Waals surface area contributed by atoms with E-state index >= 15 is 0 Å². The molecule has 4 aromatic rings. The Balaban J connectivity index is 1.66. The number of hydrogen-bond donors (Lipinski definition) is 1. The average molecular weight is 449 g/mol. The Hall–Kier alpha value is -3.71. The molecule has 0 fully saturated rings. The van der Waals surface area contributed by atoms with E-state index in [1.165, 1.54) is 34.6 Å². The molecule has 2 amide bonds. The standard InChI is InChI=1S/C25H21FN2O3S/c26-20-12-10-18(11-13-20)16-27-24(29)23(19-6-2-1-3-7-19)28(17-21-8-5-15-32-21)25(30)22-9-4-14-31-22/h1-15,23H,16-17H2,(H,27,29)/t23-/m0/s1. The number of amides is 2. The van der Waals surface area contributed by atoms with Gasteiger partial charge in [0.2, 0.25) is 5.91 Å². The average Bonchev–Trinajstić information content (AvgIpc) is 3.53. The third kappa shape index (κ3) is 5.12. The van der Waals surface area contributed by atoms with Crippen molar-refractivity contribution in [2.45, 2.75) is 19.1 Å². The monoisotopic (exact) mass is 448 g/mol. The number of carbonyl (C=O) groups excluding carboxylic acids is 2. The van der Waals surface area contributed by atoms with Crippen LogP contribution in [0.5, 0.6) is 0 Å². The van der Waals surface area contributed by atoms with E-state index in [0.29, 0.717) is 5.56 Å². The Kier molecular flexibility index (Phi) is 6.77. The highest BCUT2D eigenvalue weighted by atomic mass is 32.1. The zero-order chi connectivity index (χ0) is 22.3. The van der Waals surface area contributed by atoms with Crippen molar-refractivity contribution in [1.29, 1.82) is 0 Å². The topological polar surface area (TPSA) is 62.6 Å². The highest BCUT2D eigenvalue weighted by molar-refractivity contribution is 7.09. The van der Waals surface area contributed by atoms with Gasteiger partial charge < -0.3 is 14.6 Å². The Morgan fingerprint density at radius 2 is 1.75 bits per heavy atom. The van der Waals surface area contributed by atoms with Crippen molar-refractivity contribution in [2.75, 3.05) is 0 Å². The Morgan fingerprint density at radius 3 is 2.41 bits per heavy atom. The molecule has 0 saturated heterocycles. The van der Waals surface area contributed by atoms with Gasteiger partial charge in [-0.1, -0.05) is 48.5 Å². The molecule has 0 aliphatic carbocycles. The summed E-state index contributed by atoms with van der Waals surface area (Å²) in [5.41, 5.74) is 1.44. The highest BCUT2D eigenvalue weighted by Crippen LogP contribution is 2.27. The van der Waals surface area contributed by atoms with Gasteiger partial charge in [-0.2, -0.15) is 0 Å². The Labute approximate surface area is 189 Å². The van der Waals surface area contributed by atoms with E-state index in [9.17, 15) is 14.0 Å². The van der Waals surface area contributed by atoms with Gasteiger partial charge in [-0.3, -0.25) is 9.59 Å². The van der Waals surface area contributed by atoms with Gasteiger partial charge in [-0.15, -0.1) is 11.3 Å². The molecule has 0 bridgehead atoms. The molecule has 162 valence electrons. The summed E-state index contributed by atoms with van der Waals surface area (Å²) in [6, 6.07) is 21.3. The smallest absolute Gasteiger partial charge is 0.290 e. The van der Waals surface area contributed by atoms with E-state index in [0.717, 1.165) is 10.4 Å². The summed E-state index contributed by atoms with van der Waals surface area (Å²) < 4.78 is 18.6. The lowest BCUT2D eigenvalue weighted by Crippen LogP contribution is -2.43. The van der Waals surface area contributed by atoms with Crippen molar-refractivity contribution in [2.24, 2.45) is 0 Å². The van der Waals surface area contributed by atoms with E-state index in [4.69, 9.17) is 4.42 Å².